The van der Waals surface area contributed by atoms with E-state index in [1.807, 2.05) is 49.4 Å². The van der Waals surface area contributed by atoms with Crippen molar-refractivity contribution in [2.24, 2.45) is 4.99 Å². The average Bonchev–Trinajstić information content (AvgIpc) is 2.63. The van der Waals surface area contributed by atoms with Crippen LogP contribution in [0.4, 0.5) is 5.69 Å². The molecular weight excluding hydrogens is 330 g/mol. The third-order valence-electron chi connectivity index (χ3n) is 3.74. The molecule has 0 fully saturated rings. The topological polar surface area (TPSA) is 87.4 Å². The Morgan fingerprint density at radius 3 is 2.42 bits per heavy atom. The first-order chi connectivity index (χ1) is 12.6. The van der Waals surface area contributed by atoms with Gasteiger partial charge in [-0.2, -0.15) is 0 Å². The smallest absolute Gasteiger partial charge is 0.335 e. The first kappa shape index (κ1) is 17.2. The van der Waals surface area contributed by atoms with Gasteiger partial charge in [0, 0.05) is 6.21 Å². The summed E-state index contributed by atoms with van der Waals surface area (Å²) in [5.74, 6) is -0.424. The van der Waals surface area contributed by atoms with Gasteiger partial charge in [0.15, 0.2) is 0 Å². The molecule has 0 spiro atoms. The summed E-state index contributed by atoms with van der Waals surface area (Å²) in [4.78, 5) is 30.6. The van der Waals surface area contributed by atoms with E-state index in [1.165, 1.54) is 18.4 Å². The lowest BCUT2D eigenvalue weighted by Gasteiger charge is -2.09. The highest BCUT2D eigenvalue weighted by Crippen LogP contribution is 2.17. The molecule has 1 aromatic heterocycles. The predicted molar refractivity (Wildman–Crippen MR) is 103 cm³/mol. The van der Waals surface area contributed by atoms with Crippen molar-refractivity contribution in [3.8, 4) is 11.6 Å². The van der Waals surface area contributed by atoms with E-state index in [2.05, 4.69) is 9.98 Å². The molecule has 0 bridgehead atoms. The summed E-state index contributed by atoms with van der Waals surface area (Å²) in [7, 11) is 0. The summed E-state index contributed by atoms with van der Waals surface area (Å²) >= 11 is 0. The van der Waals surface area contributed by atoms with Crippen molar-refractivity contribution in [2.75, 3.05) is 0 Å². The minimum atomic E-state index is -0.702. The fourth-order valence-electron chi connectivity index (χ4n) is 2.40. The Bertz CT molecular complexity index is 1080. The largest absolute Gasteiger partial charge is 0.494 e. The summed E-state index contributed by atoms with van der Waals surface area (Å²) in [6, 6.07) is 16.3. The van der Waals surface area contributed by atoms with E-state index in [-0.39, 0.29) is 5.56 Å². The Labute approximate surface area is 149 Å². The molecule has 3 aromatic rings. The van der Waals surface area contributed by atoms with Crippen LogP contribution in [0, 0.1) is 6.92 Å². The number of aryl methyl sites for hydroxylation is 1. The normalized spacial score (nSPS) is 11.4. The molecule has 0 unspecified atom stereocenters. The number of aromatic amines is 1. The summed E-state index contributed by atoms with van der Waals surface area (Å²) in [6.07, 6.45) is 4.45. The highest BCUT2D eigenvalue weighted by Gasteiger charge is 2.13. The molecule has 0 radical (unpaired) electrons. The van der Waals surface area contributed by atoms with Gasteiger partial charge in [0.2, 0.25) is 5.88 Å². The SMILES string of the molecule is Cc1ccc(-n2c(O)c(/C=C/C=Nc3ccccc3)c(=O)[nH]c2=O)cc1. The number of rotatable bonds is 4. The van der Waals surface area contributed by atoms with E-state index in [0.29, 0.717) is 5.69 Å². The minimum Gasteiger partial charge on any atom is -0.494 e. The molecule has 26 heavy (non-hydrogen) atoms. The summed E-state index contributed by atoms with van der Waals surface area (Å²) in [5.41, 5.74) is 0.848. The van der Waals surface area contributed by atoms with Gasteiger partial charge in [0.1, 0.15) is 5.56 Å². The van der Waals surface area contributed by atoms with Crippen LogP contribution < -0.4 is 11.2 Å². The number of hydrogen-bond acceptors (Lipinski definition) is 4. The second-order valence-corrected chi connectivity index (χ2v) is 5.64. The van der Waals surface area contributed by atoms with Gasteiger partial charge in [-0.1, -0.05) is 35.9 Å². The Morgan fingerprint density at radius 2 is 1.73 bits per heavy atom. The lowest BCUT2D eigenvalue weighted by Crippen LogP contribution is -2.30. The summed E-state index contributed by atoms with van der Waals surface area (Å²) in [6.45, 7) is 1.92. The molecule has 130 valence electrons. The maximum absolute atomic E-state index is 12.1. The van der Waals surface area contributed by atoms with Crippen LogP contribution in [-0.4, -0.2) is 20.9 Å². The molecule has 2 aromatic carbocycles. The standard InChI is InChI=1S/C20H17N3O3/c1-14-9-11-16(12-10-14)23-19(25)17(18(24)22-20(23)26)8-5-13-21-15-6-3-2-4-7-15/h2-13,25H,1H3,(H,22,24,26)/b8-5+,21-13?. The zero-order valence-electron chi connectivity index (χ0n) is 14.1. The first-order valence-electron chi connectivity index (χ1n) is 7.97. The van der Waals surface area contributed by atoms with Gasteiger partial charge in [-0.15, -0.1) is 0 Å². The van der Waals surface area contributed by atoms with Crippen molar-refractivity contribution in [3.63, 3.8) is 0 Å². The van der Waals surface area contributed by atoms with E-state index >= 15 is 0 Å². The molecule has 2 N–H and O–H groups in total. The van der Waals surface area contributed by atoms with Crippen molar-refractivity contribution in [1.82, 2.24) is 9.55 Å². The van der Waals surface area contributed by atoms with Gasteiger partial charge in [0.25, 0.3) is 5.56 Å². The van der Waals surface area contributed by atoms with Crippen molar-refractivity contribution in [3.05, 3.63) is 92.6 Å². The number of nitrogens with one attached hydrogen (secondary N) is 1. The van der Waals surface area contributed by atoms with Gasteiger partial charge < -0.3 is 5.11 Å². The van der Waals surface area contributed by atoms with Crippen LogP contribution in [-0.2, 0) is 0 Å². The van der Waals surface area contributed by atoms with Crippen LogP contribution in [0.3, 0.4) is 0 Å². The van der Waals surface area contributed by atoms with Crippen LogP contribution in [0.25, 0.3) is 11.8 Å². The third-order valence-corrected chi connectivity index (χ3v) is 3.74. The number of nitrogens with zero attached hydrogens (tertiary/aromatic N) is 2. The number of benzene rings is 2. The van der Waals surface area contributed by atoms with Gasteiger partial charge in [-0.05, 0) is 43.3 Å². The van der Waals surface area contributed by atoms with Crippen molar-refractivity contribution >= 4 is 18.0 Å². The highest BCUT2D eigenvalue weighted by molar-refractivity contribution is 5.81. The fraction of sp³-hybridized carbons (Fsp3) is 0.0500. The predicted octanol–water partition coefficient (Wildman–Crippen LogP) is 2.96. The molecule has 1 heterocycles. The molecular formula is C20H17N3O3. The Kier molecular flexibility index (Phi) is 4.94. The number of aliphatic imine (C=N–C) groups is 1. The molecule has 3 rings (SSSR count). The van der Waals surface area contributed by atoms with E-state index in [9.17, 15) is 14.7 Å². The van der Waals surface area contributed by atoms with Crippen LogP contribution in [0.5, 0.6) is 5.88 Å². The average molecular weight is 347 g/mol. The van der Waals surface area contributed by atoms with E-state index < -0.39 is 17.1 Å². The van der Waals surface area contributed by atoms with Gasteiger partial charge in [-0.25, -0.2) is 9.36 Å². The molecule has 0 saturated heterocycles. The summed E-state index contributed by atoms with van der Waals surface area (Å²) in [5, 5.41) is 10.4. The zero-order valence-corrected chi connectivity index (χ0v) is 14.1. The van der Waals surface area contributed by atoms with Crippen molar-refractivity contribution in [1.29, 1.82) is 0 Å². The second-order valence-electron chi connectivity index (χ2n) is 5.64. The molecule has 6 heteroatoms. The number of allylic oxidation sites excluding steroid dienone is 1. The quantitative estimate of drug-likeness (QED) is 0.711. The summed E-state index contributed by atoms with van der Waals surface area (Å²) < 4.78 is 1.05. The Hall–Kier alpha value is -3.67. The molecule has 0 aliphatic carbocycles. The van der Waals surface area contributed by atoms with E-state index in [0.717, 1.165) is 15.8 Å². The lowest BCUT2D eigenvalue weighted by molar-refractivity contribution is 0.429. The van der Waals surface area contributed by atoms with E-state index in [1.54, 1.807) is 12.1 Å². The highest BCUT2D eigenvalue weighted by atomic mass is 16.3. The van der Waals surface area contributed by atoms with Crippen LogP contribution in [0.15, 0.2) is 75.3 Å². The molecule has 6 nitrogen and oxygen atoms in total. The van der Waals surface area contributed by atoms with E-state index in [4.69, 9.17) is 0 Å². The fourth-order valence-corrected chi connectivity index (χ4v) is 2.40. The first-order valence-corrected chi connectivity index (χ1v) is 7.97. The van der Waals surface area contributed by atoms with Crippen LogP contribution in [0.1, 0.15) is 11.1 Å². The molecule has 0 aliphatic rings. The Morgan fingerprint density at radius 1 is 1.04 bits per heavy atom. The maximum Gasteiger partial charge on any atom is 0.335 e. The van der Waals surface area contributed by atoms with Crippen molar-refractivity contribution < 1.29 is 5.11 Å². The molecule has 0 aliphatic heterocycles. The third kappa shape index (κ3) is 3.70. The second kappa shape index (κ2) is 7.48. The lowest BCUT2D eigenvalue weighted by atomic mass is 10.2. The number of aromatic nitrogens is 2. The molecule has 0 saturated carbocycles. The molecule has 0 amide bonds. The zero-order chi connectivity index (χ0) is 18.5. The van der Waals surface area contributed by atoms with Gasteiger partial charge in [-0.3, -0.25) is 14.8 Å². The number of H-pyrrole nitrogens is 1. The Balaban J connectivity index is 1.97. The number of para-hydroxylation sites is 1. The van der Waals surface area contributed by atoms with Crippen LogP contribution >= 0.6 is 0 Å². The van der Waals surface area contributed by atoms with Gasteiger partial charge >= 0.3 is 5.69 Å². The monoisotopic (exact) mass is 347 g/mol. The van der Waals surface area contributed by atoms with Crippen molar-refractivity contribution in [2.45, 2.75) is 6.92 Å². The molecule has 0 atom stereocenters. The number of aromatic hydroxyl groups is 1. The van der Waals surface area contributed by atoms with Crippen LogP contribution in [0.2, 0.25) is 0 Å². The van der Waals surface area contributed by atoms with Gasteiger partial charge in [0.05, 0.1) is 11.4 Å². The number of hydrogen-bond donors (Lipinski definition) is 2. The maximum atomic E-state index is 12.1. The minimum absolute atomic E-state index is 0.0234.